The predicted molar refractivity (Wildman–Crippen MR) is 68.2 cm³/mol. The summed E-state index contributed by atoms with van der Waals surface area (Å²) in [5.74, 6) is 0. The van der Waals surface area contributed by atoms with Gasteiger partial charge in [-0.3, -0.25) is 4.68 Å². The third-order valence-electron chi connectivity index (χ3n) is 3.99. The van der Waals surface area contributed by atoms with Gasteiger partial charge in [-0.2, -0.15) is 5.10 Å². The Morgan fingerprint density at radius 2 is 2.24 bits per heavy atom. The van der Waals surface area contributed by atoms with Crippen LogP contribution in [0.1, 0.15) is 43.3 Å². The van der Waals surface area contributed by atoms with Crippen molar-refractivity contribution in [3.05, 3.63) is 17.0 Å². The normalized spacial score (nSPS) is 29.6. The van der Waals surface area contributed by atoms with E-state index in [1.807, 2.05) is 18.5 Å². The van der Waals surface area contributed by atoms with Crippen LogP contribution in [0.3, 0.4) is 0 Å². The van der Waals surface area contributed by atoms with Gasteiger partial charge in [0.2, 0.25) is 0 Å². The third-order valence-corrected chi connectivity index (χ3v) is 3.99. The Morgan fingerprint density at radius 1 is 1.53 bits per heavy atom. The number of aryl methyl sites for hydroxylation is 1. The molecule has 0 bridgehead atoms. The smallest absolute Gasteiger partial charge is 0.0931 e. The summed E-state index contributed by atoms with van der Waals surface area (Å²) in [6, 6.07) is 0.0373. The molecule has 1 fully saturated rings. The fourth-order valence-corrected chi connectivity index (χ4v) is 2.83. The molecule has 1 aliphatic heterocycles. The molecule has 2 atom stereocenters. The van der Waals surface area contributed by atoms with E-state index in [4.69, 9.17) is 0 Å². The number of piperidine rings is 1. The van der Waals surface area contributed by atoms with Crippen molar-refractivity contribution in [3.8, 4) is 0 Å². The van der Waals surface area contributed by atoms with Gasteiger partial charge in [-0.05, 0) is 45.7 Å². The minimum atomic E-state index is -0.667. The van der Waals surface area contributed by atoms with E-state index in [0.29, 0.717) is 0 Å². The Balaban J connectivity index is 2.39. The van der Waals surface area contributed by atoms with Crippen molar-refractivity contribution in [2.75, 3.05) is 13.1 Å². The first-order chi connectivity index (χ1) is 7.97. The summed E-state index contributed by atoms with van der Waals surface area (Å²) in [4.78, 5) is 0. The molecule has 0 saturated carbocycles. The summed E-state index contributed by atoms with van der Waals surface area (Å²) in [6.45, 7) is 9.89. The van der Waals surface area contributed by atoms with Crippen LogP contribution < -0.4 is 5.32 Å². The van der Waals surface area contributed by atoms with E-state index in [0.717, 1.165) is 31.6 Å². The zero-order valence-electron chi connectivity index (χ0n) is 11.2. The monoisotopic (exact) mass is 237 g/mol. The maximum Gasteiger partial charge on any atom is 0.0931 e. The quantitative estimate of drug-likeness (QED) is 0.816. The molecule has 1 aromatic heterocycles. The molecule has 2 heterocycles. The van der Waals surface area contributed by atoms with E-state index in [9.17, 15) is 5.11 Å². The Kier molecular flexibility index (Phi) is 3.27. The van der Waals surface area contributed by atoms with Gasteiger partial charge in [-0.25, -0.2) is 0 Å². The average Bonchev–Trinajstić information content (AvgIpc) is 2.53. The molecule has 4 nitrogen and oxygen atoms in total. The fraction of sp³-hybridized carbons (Fsp3) is 0.769. The molecule has 2 N–H and O–H groups in total. The highest BCUT2D eigenvalue weighted by molar-refractivity contribution is 5.25. The molecule has 0 spiro atoms. The molecule has 2 unspecified atom stereocenters. The first-order valence-electron chi connectivity index (χ1n) is 6.45. The Hall–Kier alpha value is -0.870. The second-order valence-corrected chi connectivity index (χ2v) is 5.27. The summed E-state index contributed by atoms with van der Waals surface area (Å²) in [7, 11) is 0. The molecule has 2 rings (SSSR count). The van der Waals surface area contributed by atoms with Crippen LogP contribution in [0.2, 0.25) is 0 Å². The minimum Gasteiger partial charge on any atom is -0.388 e. The molecule has 0 aromatic carbocycles. The van der Waals surface area contributed by atoms with Crippen LogP contribution in [-0.4, -0.2) is 33.6 Å². The first kappa shape index (κ1) is 12.6. The van der Waals surface area contributed by atoms with E-state index in [1.165, 1.54) is 11.3 Å². The Morgan fingerprint density at radius 3 is 2.76 bits per heavy atom. The van der Waals surface area contributed by atoms with Crippen LogP contribution in [0.5, 0.6) is 0 Å². The summed E-state index contributed by atoms with van der Waals surface area (Å²) in [5, 5.41) is 18.4. The van der Waals surface area contributed by atoms with E-state index in [1.54, 1.807) is 0 Å². The average molecular weight is 237 g/mol. The molecule has 96 valence electrons. The van der Waals surface area contributed by atoms with Crippen LogP contribution >= 0.6 is 0 Å². The van der Waals surface area contributed by atoms with Crippen molar-refractivity contribution in [1.82, 2.24) is 15.1 Å². The van der Waals surface area contributed by atoms with Crippen molar-refractivity contribution in [2.45, 2.75) is 52.2 Å². The molecule has 1 aromatic rings. The van der Waals surface area contributed by atoms with E-state index in [2.05, 4.69) is 24.3 Å². The molecule has 0 aliphatic carbocycles. The largest absolute Gasteiger partial charge is 0.388 e. The molecule has 17 heavy (non-hydrogen) atoms. The number of nitrogens with zero attached hydrogens (tertiary/aromatic N) is 2. The molecule has 4 heteroatoms. The fourth-order valence-electron chi connectivity index (χ4n) is 2.83. The lowest BCUT2D eigenvalue weighted by Crippen LogP contribution is -2.49. The van der Waals surface area contributed by atoms with Gasteiger partial charge in [0.05, 0.1) is 17.3 Å². The van der Waals surface area contributed by atoms with Gasteiger partial charge in [0.1, 0.15) is 0 Å². The number of rotatable bonds is 2. The molecular formula is C13H23N3O. The van der Waals surface area contributed by atoms with Gasteiger partial charge in [0.15, 0.2) is 0 Å². The van der Waals surface area contributed by atoms with Crippen LogP contribution in [0.15, 0.2) is 0 Å². The van der Waals surface area contributed by atoms with Gasteiger partial charge in [0, 0.05) is 12.2 Å². The highest BCUT2D eigenvalue weighted by Gasteiger charge is 2.37. The van der Waals surface area contributed by atoms with Crippen LogP contribution in [0.4, 0.5) is 0 Å². The maximum atomic E-state index is 10.5. The lowest BCUT2D eigenvalue weighted by atomic mass is 9.89. The van der Waals surface area contributed by atoms with Crippen LogP contribution in [-0.2, 0) is 6.42 Å². The zero-order chi connectivity index (χ0) is 12.6. The van der Waals surface area contributed by atoms with Crippen molar-refractivity contribution in [2.24, 2.45) is 0 Å². The summed E-state index contributed by atoms with van der Waals surface area (Å²) >= 11 is 0. The van der Waals surface area contributed by atoms with Gasteiger partial charge < -0.3 is 10.4 Å². The van der Waals surface area contributed by atoms with Gasteiger partial charge in [0.25, 0.3) is 0 Å². The lowest BCUT2D eigenvalue weighted by Gasteiger charge is -2.38. The molecule has 0 amide bonds. The highest BCUT2D eigenvalue weighted by Crippen LogP contribution is 2.30. The molecular weight excluding hydrogens is 214 g/mol. The molecule has 0 radical (unpaired) electrons. The van der Waals surface area contributed by atoms with Gasteiger partial charge in [-0.15, -0.1) is 0 Å². The summed E-state index contributed by atoms with van der Waals surface area (Å²) in [6.07, 6.45) is 1.78. The van der Waals surface area contributed by atoms with Crippen molar-refractivity contribution in [1.29, 1.82) is 0 Å². The minimum absolute atomic E-state index is 0.0373. The Bertz CT molecular complexity index is 409. The first-order valence-corrected chi connectivity index (χ1v) is 6.45. The van der Waals surface area contributed by atoms with Gasteiger partial charge >= 0.3 is 0 Å². The number of hydrogen-bond donors (Lipinski definition) is 2. The van der Waals surface area contributed by atoms with E-state index in [-0.39, 0.29) is 6.04 Å². The van der Waals surface area contributed by atoms with Gasteiger partial charge in [-0.1, -0.05) is 6.92 Å². The molecule has 1 aliphatic rings. The van der Waals surface area contributed by atoms with Crippen molar-refractivity contribution >= 4 is 0 Å². The number of aromatic nitrogens is 2. The van der Waals surface area contributed by atoms with E-state index < -0.39 is 5.60 Å². The zero-order valence-corrected chi connectivity index (χ0v) is 11.2. The van der Waals surface area contributed by atoms with Crippen LogP contribution in [0, 0.1) is 13.8 Å². The highest BCUT2D eigenvalue weighted by atomic mass is 16.3. The standard InChI is InChI=1S/C13H23N3O/c1-5-11-9(2)15-16(10(11)3)12-8-14-7-6-13(12,4)17/h12,14,17H,5-8H2,1-4H3. The lowest BCUT2D eigenvalue weighted by molar-refractivity contribution is -0.0223. The number of nitrogens with one attached hydrogen (secondary N) is 1. The summed E-state index contributed by atoms with van der Waals surface area (Å²) in [5.41, 5.74) is 2.93. The number of aliphatic hydroxyl groups is 1. The summed E-state index contributed by atoms with van der Waals surface area (Å²) < 4.78 is 2.01. The Labute approximate surface area is 103 Å². The second-order valence-electron chi connectivity index (χ2n) is 5.27. The van der Waals surface area contributed by atoms with Crippen LogP contribution in [0.25, 0.3) is 0 Å². The topological polar surface area (TPSA) is 50.1 Å². The van der Waals surface area contributed by atoms with E-state index >= 15 is 0 Å². The predicted octanol–water partition coefficient (Wildman–Crippen LogP) is 1.35. The van der Waals surface area contributed by atoms with Crippen molar-refractivity contribution in [3.63, 3.8) is 0 Å². The molecule has 1 saturated heterocycles. The number of hydrogen-bond acceptors (Lipinski definition) is 3. The maximum absolute atomic E-state index is 10.5. The third kappa shape index (κ3) is 2.11. The second kappa shape index (κ2) is 4.42. The SMILES string of the molecule is CCc1c(C)nn(C2CNCCC2(C)O)c1C. The van der Waals surface area contributed by atoms with Crippen molar-refractivity contribution < 1.29 is 5.11 Å².